The molecular formula is C20H22N2O3S2. The molecule has 5 nitrogen and oxygen atoms in total. The summed E-state index contributed by atoms with van der Waals surface area (Å²) in [6, 6.07) is 7.52. The molecule has 27 heavy (non-hydrogen) atoms. The average Bonchev–Trinajstić information content (AvgIpc) is 3.05. The third kappa shape index (κ3) is 3.17. The van der Waals surface area contributed by atoms with E-state index in [1.807, 2.05) is 30.5 Å². The number of hydrogen-bond acceptors (Lipinski definition) is 6. The van der Waals surface area contributed by atoms with E-state index >= 15 is 0 Å². The number of ether oxygens (including phenoxy) is 2. The molecule has 142 valence electrons. The van der Waals surface area contributed by atoms with Gasteiger partial charge in [0, 0.05) is 11.3 Å². The Bertz CT molecular complexity index is 1040. The van der Waals surface area contributed by atoms with E-state index in [0.29, 0.717) is 17.7 Å². The number of fused-ring (bicyclic) bond motifs is 3. The fourth-order valence-corrected chi connectivity index (χ4v) is 5.16. The summed E-state index contributed by atoms with van der Waals surface area (Å²) in [4.78, 5) is 20.3. The molecule has 0 saturated heterocycles. The molecule has 0 fully saturated rings. The van der Waals surface area contributed by atoms with Crippen molar-refractivity contribution in [1.29, 1.82) is 0 Å². The Morgan fingerprint density at radius 2 is 2.07 bits per heavy atom. The molecule has 0 N–H and O–H groups in total. The smallest absolute Gasteiger partial charge is 0.267 e. The summed E-state index contributed by atoms with van der Waals surface area (Å²) in [6.07, 6.45) is 2.86. The van der Waals surface area contributed by atoms with E-state index < -0.39 is 0 Å². The molecule has 0 saturated carbocycles. The number of methoxy groups -OCH3 is 1. The summed E-state index contributed by atoms with van der Waals surface area (Å²) in [7, 11) is 1.63. The fourth-order valence-electron chi connectivity index (χ4n) is 3.43. The van der Waals surface area contributed by atoms with Gasteiger partial charge in [-0.05, 0) is 42.0 Å². The second kappa shape index (κ2) is 7.30. The van der Waals surface area contributed by atoms with Gasteiger partial charge in [-0.2, -0.15) is 0 Å². The van der Waals surface area contributed by atoms with Gasteiger partial charge in [-0.25, -0.2) is 4.98 Å². The van der Waals surface area contributed by atoms with Crippen LogP contribution in [0.4, 0.5) is 0 Å². The molecule has 3 aromatic rings. The molecule has 1 atom stereocenters. The summed E-state index contributed by atoms with van der Waals surface area (Å²) in [5.74, 6) is 1.17. The zero-order valence-electron chi connectivity index (χ0n) is 15.8. The molecule has 0 spiro atoms. The van der Waals surface area contributed by atoms with Crippen molar-refractivity contribution in [3.63, 3.8) is 0 Å². The molecule has 7 heteroatoms. The molecule has 0 radical (unpaired) electrons. The first-order valence-electron chi connectivity index (χ1n) is 8.90. The predicted octanol–water partition coefficient (Wildman–Crippen LogP) is 4.28. The lowest BCUT2D eigenvalue weighted by molar-refractivity contribution is 0.00200. The Morgan fingerprint density at radius 3 is 2.70 bits per heavy atom. The minimum absolute atomic E-state index is 0.00331. The Hall–Kier alpha value is -1.83. The van der Waals surface area contributed by atoms with E-state index in [9.17, 15) is 4.79 Å². The monoisotopic (exact) mass is 402 g/mol. The van der Waals surface area contributed by atoms with Crippen LogP contribution in [0.3, 0.4) is 0 Å². The summed E-state index contributed by atoms with van der Waals surface area (Å²) in [6.45, 7) is 4.88. The molecule has 1 aliphatic heterocycles. The zero-order chi connectivity index (χ0) is 19.1. The van der Waals surface area contributed by atoms with Gasteiger partial charge in [-0.15, -0.1) is 11.3 Å². The first kappa shape index (κ1) is 18.5. The van der Waals surface area contributed by atoms with Crippen molar-refractivity contribution >= 4 is 33.3 Å². The van der Waals surface area contributed by atoms with E-state index in [2.05, 4.69) is 13.8 Å². The number of thioether (sulfide) groups is 1. The van der Waals surface area contributed by atoms with Gasteiger partial charge in [0.25, 0.3) is 5.56 Å². The van der Waals surface area contributed by atoms with Crippen molar-refractivity contribution < 1.29 is 9.47 Å². The van der Waals surface area contributed by atoms with Crippen LogP contribution in [0.25, 0.3) is 15.9 Å². The molecule has 2 aromatic heterocycles. The van der Waals surface area contributed by atoms with Crippen molar-refractivity contribution in [1.82, 2.24) is 9.55 Å². The average molecular weight is 403 g/mol. The molecule has 4 rings (SSSR count). The number of thiophene rings is 1. The van der Waals surface area contributed by atoms with E-state index in [1.165, 1.54) is 11.8 Å². The lowest BCUT2D eigenvalue weighted by Gasteiger charge is -2.26. The van der Waals surface area contributed by atoms with Gasteiger partial charge in [-0.1, -0.05) is 25.6 Å². The Morgan fingerprint density at radius 1 is 1.33 bits per heavy atom. The quantitative estimate of drug-likeness (QED) is 0.482. The van der Waals surface area contributed by atoms with Gasteiger partial charge >= 0.3 is 0 Å². The first-order valence-corrected chi connectivity index (χ1v) is 10.9. The van der Waals surface area contributed by atoms with E-state index in [1.54, 1.807) is 23.0 Å². The van der Waals surface area contributed by atoms with Crippen molar-refractivity contribution in [2.45, 2.75) is 38.1 Å². The van der Waals surface area contributed by atoms with Crippen LogP contribution >= 0.6 is 23.1 Å². The van der Waals surface area contributed by atoms with Gasteiger partial charge in [0.15, 0.2) is 5.16 Å². The lowest BCUT2D eigenvalue weighted by atomic mass is 9.96. The molecular weight excluding hydrogens is 380 g/mol. The van der Waals surface area contributed by atoms with Gasteiger partial charge < -0.3 is 9.47 Å². The second-order valence-corrected chi connectivity index (χ2v) is 8.78. The van der Waals surface area contributed by atoms with Crippen LogP contribution in [0.2, 0.25) is 0 Å². The van der Waals surface area contributed by atoms with Crippen molar-refractivity contribution in [2.75, 3.05) is 13.4 Å². The highest BCUT2D eigenvalue weighted by molar-refractivity contribution is 7.98. The zero-order valence-corrected chi connectivity index (χ0v) is 17.4. The van der Waals surface area contributed by atoms with Gasteiger partial charge in [0.1, 0.15) is 10.6 Å². The van der Waals surface area contributed by atoms with Crippen LogP contribution in [-0.4, -0.2) is 29.0 Å². The number of hydrogen-bond donors (Lipinski definition) is 0. The number of rotatable bonds is 4. The number of aromatic nitrogens is 2. The maximum atomic E-state index is 13.5. The molecule has 0 unspecified atom stereocenters. The second-order valence-electron chi connectivity index (χ2n) is 6.92. The highest BCUT2D eigenvalue weighted by Crippen LogP contribution is 2.36. The third-order valence-electron chi connectivity index (χ3n) is 4.97. The summed E-state index contributed by atoms with van der Waals surface area (Å²) in [5.41, 5.74) is 1.91. The van der Waals surface area contributed by atoms with E-state index in [0.717, 1.165) is 38.5 Å². The highest BCUT2D eigenvalue weighted by Gasteiger charge is 2.28. The molecule has 1 aliphatic rings. The van der Waals surface area contributed by atoms with Gasteiger partial charge in [-0.3, -0.25) is 9.36 Å². The van der Waals surface area contributed by atoms with Crippen molar-refractivity contribution in [3.8, 4) is 11.4 Å². The van der Waals surface area contributed by atoms with Crippen LogP contribution in [0, 0.1) is 5.92 Å². The summed E-state index contributed by atoms with van der Waals surface area (Å²) in [5, 5.41) is 1.44. The van der Waals surface area contributed by atoms with Gasteiger partial charge in [0.05, 0.1) is 30.9 Å². The maximum absolute atomic E-state index is 13.5. The molecule has 1 aromatic carbocycles. The minimum atomic E-state index is -0.00331. The van der Waals surface area contributed by atoms with Crippen molar-refractivity contribution in [2.24, 2.45) is 5.92 Å². The van der Waals surface area contributed by atoms with Crippen LogP contribution < -0.4 is 10.3 Å². The standard InChI is InChI=1S/C20H22N2O3S2/c1-11(2)15-9-14-16(10-25-15)27-18-17(14)19(23)22(20(21-18)26-4)12-5-7-13(24-3)8-6-12/h5-8,11,15H,9-10H2,1-4H3/t15-/m0/s1. The molecule has 0 bridgehead atoms. The third-order valence-corrected chi connectivity index (χ3v) is 6.71. The SMILES string of the molecule is COc1ccc(-n2c(SC)nc3sc4c(c3c2=O)C[C@@H](C(C)C)OC4)cc1. The van der Waals surface area contributed by atoms with Crippen LogP contribution in [0.15, 0.2) is 34.2 Å². The van der Waals surface area contributed by atoms with E-state index in [-0.39, 0.29) is 11.7 Å². The molecule has 3 heterocycles. The Balaban J connectivity index is 1.93. The Kier molecular flexibility index (Phi) is 5.01. The maximum Gasteiger partial charge on any atom is 0.267 e. The topological polar surface area (TPSA) is 53.4 Å². The van der Waals surface area contributed by atoms with Gasteiger partial charge in [0.2, 0.25) is 0 Å². The fraction of sp³-hybridized carbons (Fsp3) is 0.400. The number of benzene rings is 1. The normalized spacial score (nSPS) is 16.7. The first-order chi connectivity index (χ1) is 13.0. The molecule has 0 aliphatic carbocycles. The van der Waals surface area contributed by atoms with E-state index in [4.69, 9.17) is 14.5 Å². The minimum Gasteiger partial charge on any atom is -0.497 e. The van der Waals surface area contributed by atoms with Crippen LogP contribution in [0.1, 0.15) is 24.3 Å². The summed E-state index contributed by atoms with van der Waals surface area (Å²) >= 11 is 3.06. The van der Waals surface area contributed by atoms with Crippen LogP contribution in [-0.2, 0) is 17.8 Å². The highest BCUT2D eigenvalue weighted by atomic mass is 32.2. The van der Waals surface area contributed by atoms with Crippen LogP contribution in [0.5, 0.6) is 5.75 Å². The lowest BCUT2D eigenvalue weighted by Crippen LogP contribution is -2.28. The van der Waals surface area contributed by atoms with Crippen molar-refractivity contribution in [3.05, 3.63) is 45.1 Å². The number of nitrogens with zero attached hydrogens (tertiary/aromatic N) is 2. The Labute approximate surface area is 166 Å². The largest absolute Gasteiger partial charge is 0.497 e. The summed E-state index contributed by atoms with van der Waals surface area (Å²) < 4.78 is 12.9. The predicted molar refractivity (Wildman–Crippen MR) is 111 cm³/mol. The molecule has 0 amide bonds.